The third-order valence-corrected chi connectivity index (χ3v) is 0.979. The molecule has 2 radical (unpaired) electrons. The maximum atomic E-state index is 3.72. The van der Waals surface area contributed by atoms with E-state index in [4.69, 9.17) is 0 Å². The average Bonchev–Trinajstić information content (AvgIpc) is 1.89. The number of hydrogen-bond acceptors (Lipinski definition) is 0. The van der Waals surface area contributed by atoms with Crippen molar-refractivity contribution in [2.45, 2.75) is 32.1 Å². The van der Waals surface area contributed by atoms with Crippen LogP contribution in [0.1, 0.15) is 32.1 Å². The summed E-state index contributed by atoms with van der Waals surface area (Å²) in [6.07, 6.45) is 5.00. The van der Waals surface area contributed by atoms with Crippen LogP contribution < -0.4 is 0 Å². The first-order valence-electron chi connectivity index (χ1n) is 3.46. The van der Waals surface area contributed by atoms with E-state index in [0.717, 1.165) is 32.1 Å². The molecular formula is C9H14. The van der Waals surface area contributed by atoms with Crippen LogP contribution in [0, 0.1) is 25.7 Å². The van der Waals surface area contributed by atoms with Crippen LogP contribution in [0.5, 0.6) is 0 Å². The smallest absolute Gasteiger partial charge is 0.00886 e. The lowest BCUT2D eigenvalue weighted by molar-refractivity contribution is 0.881. The Balaban J connectivity index is 2.96. The Morgan fingerprint density at radius 3 is 2.11 bits per heavy atom. The molecule has 0 saturated carbocycles. The second-order valence-corrected chi connectivity index (χ2v) is 1.91. The Bertz CT molecular complexity index is 92.3. The van der Waals surface area contributed by atoms with E-state index in [2.05, 4.69) is 25.7 Å². The van der Waals surface area contributed by atoms with Crippen LogP contribution in [0.4, 0.5) is 0 Å². The molecule has 0 aliphatic carbocycles. The third kappa shape index (κ3) is 7.56. The van der Waals surface area contributed by atoms with Crippen LogP contribution in [-0.4, -0.2) is 0 Å². The first kappa shape index (κ1) is 8.56. The molecule has 0 unspecified atom stereocenters. The fourth-order valence-corrected chi connectivity index (χ4v) is 0.479. The van der Waals surface area contributed by atoms with Gasteiger partial charge >= 0.3 is 0 Å². The van der Waals surface area contributed by atoms with Gasteiger partial charge in [0.15, 0.2) is 0 Å². The summed E-state index contributed by atoms with van der Waals surface area (Å²) in [4.78, 5) is 0. The Morgan fingerprint density at radius 1 is 0.889 bits per heavy atom. The molecule has 0 saturated heterocycles. The summed E-state index contributed by atoms with van der Waals surface area (Å²) in [7, 11) is 0. The molecule has 0 heterocycles. The van der Waals surface area contributed by atoms with Crippen molar-refractivity contribution in [3.8, 4) is 11.8 Å². The van der Waals surface area contributed by atoms with E-state index in [0.29, 0.717) is 0 Å². The van der Waals surface area contributed by atoms with E-state index in [-0.39, 0.29) is 0 Å². The molecule has 0 aromatic rings. The van der Waals surface area contributed by atoms with Gasteiger partial charge in [0.05, 0.1) is 0 Å². The number of unbranched alkanes of at least 4 members (excludes halogenated alkanes) is 3. The Hall–Kier alpha value is -0.440. The van der Waals surface area contributed by atoms with E-state index in [9.17, 15) is 0 Å². The fraction of sp³-hybridized carbons (Fsp3) is 0.556. The van der Waals surface area contributed by atoms with Gasteiger partial charge in [0, 0.05) is 12.8 Å². The highest BCUT2D eigenvalue weighted by atomic mass is 13.8. The molecule has 0 spiro atoms. The molecule has 0 aliphatic rings. The molecule has 0 atom stereocenters. The van der Waals surface area contributed by atoms with Crippen LogP contribution in [0.3, 0.4) is 0 Å². The zero-order valence-corrected chi connectivity index (χ0v) is 5.95. The van der Waals surface area contributed by atoms with Crippen LogP contribution in [0.15, 0.2) is 0 Å². The fourth-order valence-electron chi connectivity index (χ4n) is 0.479. The van der Waals surface area contributed by atoms with Gasteiger partial charge in [-0.15, -0.1) is 11.8 Å². The SMILES string of the molecule is [CH2]CCC#CCCC[CH2]. The van der Waals surface area contributed by atoms with Gasteiger partial charge in [-0.05, 0) is 12.8 Å². The summed E-state index contributed by atoms with van der Waals surface area (Å²) in [6.45, 7) is 7.41. The maximum absolute atomic E-state index is 3.72. The molecule has 0 nitrogen and oxygen atoms in total. The van der Waals surface area contributed by atoms with Gasteiger partial charge in [-0.3, -0.25) is 0 Å². The van der Waals surface area contributed by atoms with E-state index in [1.807, 2.05) is 0 Å². The number of rotatable bonds is 3. The third-order valence-electron chi connectivity index (χ3n) is 0.979. The average molecular weight is 122 g/mol. The van der Waals surface area contributed by atoms with Gasteiger partial charge in [-0.1, -0.05) is 20.3 Å². The van der Waals surface area contributed by atoms with Crippen LogP contribution in [-0.2, 0) is 0 Å². The van der Waals surface area contributed by atoms with E-state index < -0.39 is 0 Å². The minimum atomic E-state index is 0.928. The summed E-state index contributed by atoms with van der Waals surface area (Å²) in [5.74, 6) is 6.09. The molecule has 0 rings (SSSR count). The van der Waals surface area contributed by atoms with Crippen molar-refractivity contribution in [1.29, 1.82) is 0 Å². The lowest BCUT2D eigenvalue weighted by Gasteiger charge is -1.82. The van der Waals surface area contributed by atoms with Gasteiger partial charge < -0.3 is 0 Å². The monoisotopic (exact) mass is 122 g/mol. The van der Waals surface area contributed by atoms with Crippen molar-refractivity contribution in [3.05, 3.63) is 13.8 Å². The summed E-state index contributed by atoms with van der Waals surface area (Å²) in [5, 5.41) is 0. The Morgan fingerprint density at radius 2 is 1.56 bits per heavy atom. The highest BCUT2D eigenvalue weighted by Crippen LogP contribution is 1.90. The van der Waals surface area contributed by atoms with Gasteiger partial charge in [0.2, 0.25) is 0 Å². The summed E-state index contributed by atoms with van der Waals surface area (Å²) < 4.78 is 0. The molecule has 0 aromatic carbocycles. The molecule has 0 N–H and O–H groups in total. The van der Waals surface area contributed by atoms with E-state index in [1.54, 1.807) is 0 Å². The second-order valence-electron chi connectivity index (χ2n) is 1.91. The highest BCUT2D eigenvalue weighted by molar-refractivity contribution is 4.98. The number of hydrogen-bond donors (Lipinski definition) is 0. The van der Waals surface area contributed by atoms with Crippen molar-refractivity contribution in [1.82, 2.24) is 0 Å². The van der Waals surface area contributed by atoms with Crippen LogP contribution in [0.2, 0.25) is 0 Å². The van der Waals surface area contributed by atoms with E-state index >= 15 is 0 Å². The lowest BCUT2D eigenvalue weighted by atomic mass is 10.2. The van der Waals surface area contributed by atoms with Crippen LogP contribution >= 0.6 is 0 Å². The summed E-state index contributed by atoms with van der Waals surface area (Å²) >= 11 is 0. The highest BCUT2D eigenvalue weighted by Gasteiger charge is 1.75. The summed E-state index contributed by atoms with van der Waals surface area (Å²) in [5.41, 5.74) is 0. The van der Waals surface area contributed by atoms with Crippen molar-refractivity contribution >= 4 is 0 Å². The molecule has 0 amide bonds. The van der Waals surface area contributed by atoms with Crippen molar-refractivity contribution in [2.75, 3.05) is 0 Å². The van der Waals surface area contributed by atoms with Crippen LogP contribution in [0.25, 0.3) is 0 Å². The standard InChI is InChI=1S/C9H14/c1-3-5-7-9-8-6-4-2/h1-7H2. The van der Waals surface area contributed by atoms with Gasteiger partial charge in [0.25, 0.3) is 0 Å². The minimum absolute atomic E-state index is 0.928. The largest absolute Gasteiger partial charge is 0.103 e. The Kier molecular flexibility index (Phi) is 7.19. The van der Waals surface area contributed by atoms with Crippen molar-refractivity contribution in [3.63, 3.8) is 0 Å². The topological polar surface area (TPSA) is 0 Å². The summed E-state index contributed by atoms with van der Waals surface area (Å²) in [6, 6.07) is 0. The van der Waals surface area contributed by atoms with Crippen molar-refractivity contribution < 1.29 is 0 Å². The molecule has 0 bridgehead atoms. The Labute approximate surface area is 58.7 Å². The predicted octanol–water partition coefficient (Wildman–Crippen LogP) is 2.61. The molecule has 0 fully saturated rings. The molecule has 50 valence electrons. The van der Waals surface area contributed by atoms with E-state index in [1.165, 1.54) is 0 Å². The first-order valence-corrected chi connectivity index (χ1v) is 3.46. The lowest BCUT2D eigenvalue weighted by Crippen LogP contribution is -1.67. The first-order chi connectivity index (χ1) is 4.41. The zero-order chi connectivity index (χ0) is 6.95. The molecule has 0 aromatic heterocycles. The zero-order valence-electron chi connectivity index (χ0n) is 5.95. The molecule has 0 heteroatoms. The molecular weight excluding hydrogens is 108 g/mol. The second kappa shape index (κ2) is 7.56. The quantitative estimate of drug-likeness (QED) is 0.398. The van der Waals surface area contributed by atoms with Crippen molar-refractivity contribution in [2.24, 2.45) is 0 Å². The van der Waals surface area contributed by atoms with Gasteiger partial charge in [0.1, 0.15) is 0 Å². The maximum Gasteiger partial charge on any atom is 0.00886 e. The van der Waals surface area contributed by atoms with Gasteiger partial charge in [-0.25, -0.2) is 0 Å². The minimum Gasteiger partial charge on any atom is -0.103 e. The van der Waals surface area contributed by atoms with Gasteiger partial charge in [-0.2, -0.15) is 0 Å². The molecule has 0 aliphatic heterocycles. The predicted molar refractivity (Wildman–Crippen MR) is 41.6 cm³/mol. The normalized spacial score (nSPS) is 8.22. The molecule has 9 heavy (non-hydrogen) atoms.